The van der Waals surface area contributed by atoms with Gasteiger partial charge in [0.05, 0.1) is 30.1 Å². The number of rotatable bonds is 8. The summed E-state index contributed by atoms with van der Waals surface area (Å²) in [7, 11) is 0. The van der Waals surface area contributed by atoms with E-state index < -0.39 is 97.5 Å². The number of ether oxygens (including phenoxy) is 4. The van der Waals surface area contributed by atoms with Gasteiger partial charge in [-0.15, -0.1) is 0 Å². The van der Waals surface area contributed by atoms with Crippen LogP contribution in [0.15, 0.2) is 11.6 Å². The molecular formula is C42H66O14. The molecule has 318 valence electrons. The van der Waals surface area contributed by atoms with Gasteiger partial charge in [0.1, 0.15) is 55.1 Å². The smallest absolute Gasteiger partial charge is 0.310 e. The molecule has 19 atom stereocenters. The molecule has 14 heteroatoms. The first kappa shape index (κ1) is 42.6. The number of aldehydes is 1. The van der Waals surface area contributed by atoms with E-state index in [4.69, 9.17) is 18.9 Å². The zero-order valence-corrected chi connectivity index (χ0v) is 33.8. The zero-order chi connectivity index (χ0) is 41.0. The highest BCUT2D eigenvalue weighted by molar-refractivity contribution is 5.76. The van der Waals surface area contributed by atoms with Gasteiger partial charge in [0.2, 0.25) is 0 Å². The fourth-order valence-corrected chi connectivity index (χ4v) is 13.5. The van der Waals surface area contributed by atoms with Crippen molar-refractivity contribution in [3.63, 3.8) is 0 Å². The molecule has 6 fully saturated rings. The molecule has 0 aromatic heterocycles. The highest BCUT2D eigenvalue weighted by atomic mass is 16.7. The fourth-order valence-electron chi connectivity index (χ4n) is 13.5. The minimum absolute atomic E-state index is 0.00240. The van der Waals surface area contributed by atoms with Crippen molar-refractivity contribution in [2.24, 2.45) is 50.2 Å². The predicted molar refractivity (Wildman–Crippen MR) is 198 cm³/mol. The van der Waals surface area contributed by atoms with Crippen molar-refractivity contribution in [1.29, 1.82) is 0 Å². The lowest BCUT2D eigenvalue weighted by Crippen LogP contribution is -2.67. The average molecular weight is 795 g/mol. The summed E-state index contributed by atoms with van der Waals surface area (Å²) in [6.07, 6.45) is -5.43. The minimum Gasteiger partial charge on any atom is -0.481 e. The van der Waals surface area contributed by atoms with Crippen LogP contribution in [0.2, 0.25) is 0 Å². The Morgan fingerprint density at radius 1 is 0.768 bits per heavy atom. The number of aliphatic hydroxyl groups excluding tert-OH is 7. The second-order valence-corrected chi connectivity index (χ2v) is 20.3. The van der Waals surface area contributed by atoms with Gasteiger partial charge in [0.25, 0.3) is 0 Å². The summed E-state index contributed by atoms with van der Waals surface area (Å²) in [5.41, 5.74) is -0.886. The van der Waals surface area contributed by atoms with E-state index in [0.717, 1.165) is 51.2 Å². The van der Waals surface area contributed by atoms with Crippen LogP contribution in [0.5, 0.6) is 0 Å². The number of hydrogen-bond acceptors (Lipinski definition) is 13. The van der Waals surface area contributed by atoms with Gasteiger partial charge in [-0.2, -0.15) is 0 Å². The molecule has 0 radical (unpaired) electrons. The highest BCUT2D eigenvalue weighted by Crippen LogP contribution is 2.75. The van der Waals surface area contributed by atoms with E-state index in [2.05, 4.69) is 40.7 Å². The molecule has 7 rings (SSSR count). The van der Waals surface area contributed by atoms with Crippen molar-refractivity contribution in [1.82, 2.24) is 0 Å². The van der Waals surface area contributed by atoms with E-state index in [9.17, 15) is 50.4 Å². The van der Waals surface area contributed by atoms with Crippen molar-refractivity contribution in [3.8, 4) is 0 Å². The highest BCUT2D eigenvalue weighted by Gasteiger charge is 2.70. The maximum absolute atomic E-state index is 13.4. The van der Waals surface area contributed by atoms with E-state index >= 15 is 0 Å². The molecule has 0 aromatic rings. The third kappa shape index (κ3) is 6.13. The minimum atomic E-state index is -1.78. The summed E-state index contributed by atoms with van der Waals surface area (Å²) in [5.74, 6) is -0.517. The summed E-state index contributed by atoms with van der Waals surface area (Å²) in [6.45, 7) is 12.2. The molecule has 5 aliphatic carbocycles. The summed E-state index contributed by atoms with van der Waals surface area (Å²) in [5, 5.41) is 84.1. The van der Waals surface area contributed by atoms with Crippen LogP contribution in [-0.2, 0) is 28.5 Å². The molecule has 14 nitrogen and oxygen atoms in total. The van der Waals surface area contributed by atoms with Gasteiger partial charge in [0, 0.05) is 0 Å². The molecule has 56 heavy (non-hydrogen) atoms. The number of aliphatic carboxylic acids is 1. The number of carbonyl (C=O) groups is 2. The Morgan fingerprint density at radius 3 is 2.04 bits per heavy atom. The second kappa shape index (κ2) is 14.6. The predicted octanol–water partition coefficient (Wildman–Crippen LogP) is 2.06. The Morgan fingerprint density at radius 2 is 1.39 bits per heavy atom. The van der Waals surface area contributed by atoms with Gasteiger partial charge in [0.15, 0.2) is 12.6 Å². The second-order valence-electron chi connectivity index (χ2n) is 20.3. The van der Waals surface area contributed by atoms with Gasteiger partial charge >= 0.3 is 5.97 Å². The molecule has 0 spiro atoms. The molecule has 7 aliphatic rings. The van der Waals surface area contributed by atoms with Gasteiger partial charge in [-0.1, -0.05) is 53.2 Å². The van der Waals surface area contributed by atoms with Crippen LogP contribution in [0.3, 0.4) is 0 Å². The van der Waals surface area contributed by atoms with Crippen LogP contribution in [-0.4, -0.2) is 134 Å². The van der Waals surface area contributed by atoms with Gasteiger partial charge in [-0.25, -0.2) is 0 Å². The summed E-state index contributed by atoms with van der Waals surface area (Å²) in [4.78, 5) is 26.4. The third-order valence-electron chi connectivity index (χ3n) is 17.2. The summed E-state index contributed by atoms with van der Waals surface area (Å²) >= 11 is 0. The van der Waals surface area contributed by atoms with Gasteiger partial charge in [-0.3, -0.25) is 4.79 Å². The van der Waals surface area contributed by atoms with E-state index in [1.165, 1.54) is 5.57 Å². The fraction of sp³-hybridized carbons (Fsp3) is 0.905. The standard InChI is InChI=1S/C42H66O14/c1-37(2)13-15-42(36(51)52)16-14-40(5)21(22(42)17-37)7-8-26-38(3)11-10-27(39(4,20-45)25(38)9-12-41(26,40)6)55-34-32(50)30(48)33(24(19-44)54-34)56-35-31(49)29(47)28(46)23(18-43)53-35/h7,20,22-35,43-44,46-50H,8-19H2,1-6H3,(H,51,52)/t22-,23+,24+,25+,26+,27-,28+,29-,30+,31+,32+,33+,34-,35-,38-,39-,40+,41+,42-/m0/s1. The molecule has 0 bridgehead atoms. The van der Waals surface area contributed by atoms with E-state index in [-0.39, 0.29) is 39.4 Å². The lowest BCUT2D eigenvalue weighted by Gasteiger charge is -2.71. The number of aliphatic hydroxyl groups is 7. The Balaban J connectivity index is 1.11. The Bertz CT molecular complexity index is 1530. The third-order valence-corrected chi connectivity index (χ3v) is 17.2. The monoisotopic (exact) mass is 794 g/mol. The maximum atomic E-state index is 13.4. The van der Waals surface area contributed by atoms with Gasteiger partial charge in [-0.05, 0) is 104 Å². The lowest BCUT2D eigenvalue weighted by molar-refractivity contribution is -0.367. The number of carboxylic acid groups (broad SMARTS) is 1. The summed E-state index contributed by atoms with van der Waals surface area (Å²) < 4.78 is 23.6. The van der Waals surface area contributed by atoms with Crippen LogP contribution >= 0.6 is 0 Å². The average Bonchev–Trinajstić information content (AvgIpc) is 3.15. The van der Waals surface area contributed by atoms with Crippen LogP contribution in [0.4, 0.5) is 0 Å². The van der Waals surface area contributed by atoms with Crippen LogP contribution in [0.1, 0.15) is 106 Å². The van der Waals surface area contributed by atoms with Crippen molar-refractivity contribution >= 4 is 12.3 Å². The number of hydrogen-bond donors (Lipinski definition) is 8. The first-order valence-corrected chi connectivity index (χ1v) is 20.8. The quantitative estimate of drug-likeness (QED) is 0.0999. The number of carboxylic acids is 1. The molecular weight excluding hydrogens is 728 g/mol. The van der Waals surface area contributed by atoms with E-state index in [0.29, 0.717) is 19.3 Å². The van der Waals surface area contributed by atoms with Crippen molar-refractivity contribution in [2.75, 3.05) is 13.2 Å². The van der Waals surface area contributed by atoms with E-state index in [1.807, 2.05) is 6.92 Å². The maximum Gasteiger partial charge on any atom is 0.310 e. The molecule has 2 heterocycles. The van der Waals surface area contributed by atoms with Crippen molar-refractivity contribution in [3.05, 3.63) is 11.6 Å². The van der Waals surface area contributed by atoms with Crippen molar-refractivity contribution < 1.29 is 69.4 Å². The Hall–Kier alpha value is -1.56. The molecule has 2 saturated heterocycles. The zero-order valence-electron chi connectivity index (χ0n) is 33.8. The number of allylic oxidation sites excluding steroid dienone is 2. The molecule has 0 aromatic carbocycles. The molecule has 8 N–H and O–H groups in total. The van der Waals surface area contributed by atoms with Gasteiger partial charge < -0.3 is 64.6 Å². The first-order chi connectivity index (χ1) is 26.2. The van der Waals surface area contributed by atoms with E-state index in [1.54, 1.807) is 0 Å². The molecule has 0 amide bonds. The number of fused-ring (bicyclic) bond motifs is 7. The molecule has 4 saturated carbocycles. The summed E-state index contributed by atoms with van der Waals surface area (Å²) in [6, 6.07) is 0. The topological polar surface area (TPSA) is 233 Å². The SMILES string of the molecule is CC1(C)CC[C@]2(C(=O)O)CC[C@]3(C)C(=CC[C@@H]4[C@@]5(C)CC[C@H](O[C@@H]6O[C@H](CO)[C@@H](O[C@@H]7O[C@H](CO)[C@@H](O)[C@H](O)[C@H]7O)[C@H](O)[C@H]6O)[C@@](C)(C=O)[C@@H]5CC[C@]43C)[C@@H]2C1. The van der Waals surface area contributed by atoms with Crippen LogP contribution in [0.25, 0.3) is 0 Å². The van der Waals surface area contributed by atoms with Crippen molar-refractivity contribution in [2.45, 2.75) is 173 Å². The first-order valence-electron chi connectivity index (χ1n) is 20.8. The Kier molecular flexibility index (Phi) is 11.1. The molecule has 0 unspecified atom stereocenters. The molecule has 2 aliphatic heterocycles. The normalized spacial score (nSPS) is 54.1. The largest absolute Gasteiger partial charge is 0.481 e. The lowest BCUT2D eigenvalue weighted by atomic mass is 9.33. The van der Waals surface area contributed by atoms with Crippen LogP contribution in [0, 0.1) is 50.2 Å². The Labute approximate surface area is 329 Å². The van der Waals surface area contributed by atoms with Crippen LogP contribution < -0.4 is 0 Å². The number of carbonyl (C=O) groups excluding carboxylic acids is 1.